The Morgan fingerprint density at radius 2 is 1.84 bits per heavy atom. The van der Waals surface area contributed by atoms with Gasteiger partial charge in [0.1, 0.15) is 16.6 Å². The molecule has 7 heteroatoms. The number of carbonyl (C=O) groups excluding carboxylic acids is 2. The van der Waals surface area contributed by atoms with Crippen LogP contribution in [0.25, 0.3) is 0 Å². The molecule has 1 saturated heterocycles. The quantitative estimate of drug-likeness (QED) is 0.493. The number of hydrogen-bond donors (Lipinski definition) is 1. The summed E-state index contributed by atoms with van der Waals surface area (Å²) in [5.74, 6) is -0.400. The number of rotatable bonds is 5. The lowest BCUT2D eigenvalue weighted by Gasteiger charge is -2.25. The van der Waals surface area contributed by atoms with Gasteiger partial charge in [-0.2, -0.15) is 0 Å². The number of nitrogens with one attached hydrogen (secondary N) is 1. The molecule has 0 saturated carbocycles. The fourth-order valence-electron chi connectivity index (χ4n) is 3.39. The molecule has 1 aliphatic heterocycles. The van der Waals surface area contributed by atoms with Crippen LogP contribution in [0.5, 0.6) is 0 Å². The van der Waals surface area contributed by atoms with Crippen LogP contribution in [0.4, 0.5) is 15.8 Å². The van der Waals surface area contributed by atoms with E-state index in [1.165, 1.54) is 17.8 Å². The second-order valence-corrected chi connectivity index (χ2v) is 8.75. The Hall–Kier alpha value is -2.83. The van der Waals surface area contributed by atoms with E-state index in [4.69, 9.17) is 11.6 Å². The molecule has 31 heavy (non-hydrogen) atoms. The zero-order valence-corrected chi connectivity index (χ0v) is 18.3. The Morgan fingerprint density at radius 1 is 1.13 bits per heavy atom. The lowest BCUT2D eigenvalue weighted by Crippen LogP contribution is -2.28. The van der Waals surface area contributed by atoms with Crippen molar-refractivity contribution in [3.8, 4) is 0 Å². The molecule has 158 valence electrons. The Labute approximate surface area is 189 Å². The molecule has 1 heterocycles. The number of anilines is 2. The number of aryl methyl sites for hydroxylation is 1. The SMILES string of the molecule is Cc1ccc(N2C(=O)CS[C@H]2c2ccc(NC(=O)[C@@H](Cl)c3ccccc3)cc2)cc1F. The third kappa shape index (κ3) is 4.60. The first-order valence-electron chi connectivity index (χ1n) is 9.73. The van der Waals surface area contributed by atoms with Gasteiger partial charge >= 0.3 is 0 Å². The number of amides is 2. The third-order valence-corrected chi connectivity index (χ3v) is 6.75. The predicted octanol–water partition coefficient (Wildman–Crippen LogP) is 5.83. The smallest absolute Gasteiger partial charge is 0.246 e. The van der Waals surface area contributed by atoms with Crippen LogP contribution in [-0.2, 0) is 9.59 Å². The van der Waals surface area contributed by atoms with Gasteiger partial charge in [0.25, 0.3) is 0 Å². The molecule has 0 aromatic heterocycles. The number of halogens is 2. The molecule has 1 N–H and O–H groups in total. The summed E-state index contributed by atoms with van der Waals surface area (Å²) in [6, 6.07) is 21.2. The summed E-state index contributed by atoms with van der Waals surface area (Å²) in [7, 11) is 0. The van der Waals surface area contributed by atoms with Crippen LogP contribution in [0.3, 0.4) is 0 Å². The number of carbonyl (C=O) groups is 2. The van der Waals surface area contributed by atoms with E-state index in [-0.39, 0.29) is 23.0 Å². The van der Waals surface area contributed by atoms with Crippen LogP contribution in [0.1, 0.15) is 27.4 Å². The highest BCUT2D eigenvalue weighted by atomic mass is 35.5. The van der Waals surface area contributed by atoms with Crippen LogP contribution in [0, 0.1) is 12.7 Å². The minimum absolute atomic E-state index is 0.0662. The average Bonchev–Trinajstić information content (AvgIpc) is 3.17. The molecule has 0 aliphatic carbocycles. The van der Waals surface area contributed by atoms with Gasteiger partial charge in [0.15, 0.2) is 0 Å². The summed E-state index contributed by atoms with van der Waals surface area (Å²) < 4.78 is 14.1. The van der Waals surface area contributed by atoms with Gasteiger partial charge in [-0.15, -0.1) is 23.4 Å². The van der Waals surface area contributed by atoms with Gasteiger partial charge < -0.3 is 5.32 Å². The van der Waals surface area contributed by atoms with Crippen molar-refractivity contribution in [2.24, 2.45) is 0 Å². The Bertz CT molecular complexity index is 1110. The van der Waals surface area contributed by atoms with Crippen molar-refractivity contribution in [1.82, 2.24) is 0 Å². The predicted molar refractivity (Wildman–Crippen MR) is 124 cm³/mol. The minimum Gasteiger partial charge on any atom is -0.325 e. The lowest BCUT2D eigenvalue weighted by molar-refractivity contribution is -0.116. The van der Waals surface area contributed by atoms with Crippen molar-refractivity contribution < 1.29 is 14.0 Å². The summed E-state index contributed by atoms with van der Waals surface area (Å²) in [6.45, 7) is 1.69. The van der Waals surface area contributed by atoms with E-state index < -0.39 is 5.38 Å². The summed E-state index contributed by atoms with van der Waals surface area (Å²) in [4.78, 5) is 26.6. The Kier molecular flexibility index (Phi) is 6.30. The number of hydrogen-bond acceptors (Lipinski definition) is 3. The third-order valence-electron chi connectivity index (χ3n) is 5.09. The lowest BCUT2D eigenvalue weighted by atomic mass is 10.1. The van der Waals surface area contributed by atoms with E-state index in [1.807, 2.05) is 30.3 Å². The molecular formula is C24H20ClFN2O2S. The van der Waals surface area contributed by atoms with E-state index in [0.29, 0.717) is 22.7 Å². The van der Waals surface area contributed by atoms with Crippen LogP contribution >= 0.6 is 23.4 Å². The highest BCUT2D eigenvalue weighted by Gasteiger charge is 2.34. The fraction of sp³-hybridized carbons (Fsp3) is 0.167. The first kappa shape index (κ1) is 21.4. The maximum Gasteiger partial charge on any atom is 0.246 e. The van der Waals surface area contributed by atoms with Gasteiger partial charge in [0.2, 0.25) is 11.8 Å². The summed E-state index contributed by atoms with van der Waals surface area (Å²) >= 11 is 7.76. The average molecular weight is 455 g/mol. The van der Waals surface area contributed by atoms with Crippen LogP contribution < -0.4 is 10.2 Å². The molecule has 1 aliphatic rings. The fourth-order valence-corrected chi connectivity index (χ4v) is 4.77. The van der Waals surface area contributed by atoms with Crippen LogP contribution in [0.15, 0.2) is 72.8 Å². The number of alkyl halides is 1. The number of thioether (sulfide) groups is 1. The van der Waals surface area contributed by atoms with Crippen molar-refractivity contribution in [3.05, 3.63) is 95.3 Å². The second kappa shape index (κ2) is 9.12. The summed E-state index contributed by atoms with van der Waals surface area (Å²) in [6.07, 6.45) is 0. The minimum atomic E-state index is -0.796. The van der Waals surface area contributed by atoms with Gasteiger partial charge in [-0.1, -0.05) is 48.5 Å². The van der Waals surface area contributed by atoms with E-state index in [9.17, 15) is 14.0 Å². The summed E-state index contributed by atoms with van der Waals surface area (Å²) in [5, 5.41) is 1.76. The molecule has 3 aromatic rings. The molecule has 3 aromatic carbocycles. The van der Waals surface area contributed by atoms with Gasteiger partial charge in [-0.25, -0.2) is 4.39 Å². The maximum atomic E-state index is 14.1. The van der Waals surface area contributed by atoms with E-state index in [2.05, 4.69) is 5.32 Å². The topological polar surface area (TPSA) is 49.4 Å². The van der Waals surface area contributed by atoms with Crippen molar-refractivity contribution in [1.29, 1.82) is 0 Å². The van der Waals surface area contributed by atoms with Crippen LogP contribution in [-0.4, -0.2) is 17.6 Å². The van der Waals surface area contributed by atoms with Crippen molar-refractivity contribution in [2.75, 3.05) is 16.0 Å². The molecule has 2 amide bonds. The van der Waals surface area contributed by atoms with Crippen molar-refractivity contribution >= 4 is 46.6 Å². The van der Waals surface area contributed by atoms with Gasteiger partial charge in [-0.05, 0) is 47.9 Å². The monoisotopic (exact) mass is 454 g/mol. The summed E-state index contributed by atoms with van der Waals surface area (Å²) in [5.41, 5.74) is 3.29. The molecule has 4 nitrogen and oxygen atoms in total. The standard InChI is InChI=1S/C24H20ClFN2O2S/c1-15-7-12-19(13-20(15)26)28-21(29)14-31-24(28)17-8-10-18(11-9-17)27-23(30)22(25)16-5-3-2-4-6-16/h2-13,22,24H,14H2,1H3,(H,27,30)/t22-,24-/m0/s1. The van der Waals surface area contributed by atoms with Crippen LogP contribution in [0.2, 0.25) is 0 Å². The normalized spacial score (nSPS) is 16.9. The van der Waals surface area contributed by atoms with Gasteiger partial charge in [0, 0.05) is 11.4 Å². The van der Waals surface area contributed by atoms with Gasteiger partial charge in [-0.3, -0.25) is 14.5 Å². The van der Waals surface area contributed by atoms with Crippen molar-refractivity contribution in [3.63, 3.8) is 0 Å². The Morgan fingerprint density at radius 3 is 2.52 bits per heavy atom. The van der Waals surface area contributed by atoms with E-state index in [1.54, 1.807) is 48.2 Å². The molecule has 1 fully saturated rings. The highest BCUT2D eigenvalue weighted by Crippen LogP contribution is 2.42. The molecule has 0 spiro atoms. The molecule has 0 unspecified atom stereocenters. The molecule has 0 bridgehead atoms. The highest BCUT2D eigenvalue weighted by molar-refractivity contribution is 8.00. The molecule has 2 atom stereocenters. The maximum absolute atomic E-state index is 14.1. The Balaban J connectivity index is 1.50. The van der Waals surface area contributed by atoms with Gasteiger partial charge in [0.05, 0.1) is 5.75 Å². The largest absolute Gasteiger partial charge is 0.325 e. The second-order valence-electron chi connectivity index (χ2n) is 7.25. The first-order chi connectivity index (χ1) is 14.9. The molecular weight excluding hydrogens is 435 g/mol. The van der Waals surface area contributed by atoms with E-state index in [0.717, 1.165) is 11.1 Å². The van der Waals surface area contributed by atoms with Crippen molar-refractivity contribution in [2.45, 2.75) is 17.7 Å². The van der Waals surface area contributed by atoms with E-state index >= 15 is 0 Å². The zero-order valence-electron chi connectivity index (χ0n) is 16.7. The first-order valence-corrected chi connectivity index (χ1v) is 11.2. The number of nitrogens with zero attached hydrogens (tertiary/aromatic N) is 1. The molecule has 0 radical (unpaired) electrons. The number of benzene rings is 3. The molecule has 4 rings (SSSR count). The zero-order chi connectivity index (χ0) is 22.0.